The summed E-state index contributed by atoms with van der Waals surface area (Å²) in [5.74, 6) is -0.829. The summed E-state index contributed by atoms with van der Waals surface area (Å²) in [6, 6.07) is 15.3. The average molecular weight is 767 g/mol. The van der Waals surface area contributed by atoms with Gasteiger partial charge in [-0.1, -0.05) is 24.3 Å². The van der Waals surface area contributed by atoms with E-state index in [2.05, 4.69) is 41.1 Å². The second kappa shape index (κ2) is 18.9. The van der Waals surface area contributed by atoms with E-state index in [0.717, 1.165) is 35.2 Å². The zero-order valence-electron chi connectivity index (χ0n) is 33.2. The Morgan fingerprint density at radius 3 is 2.25 bits per heavy atom. The number of pyridine rings is 1. The number of aryl methyl sites for hydroxylation is 1. The van der Waals surface area contributed by atoms with Gasteiger partial charge in [-0.25, -0.2) is 9.69 Å². The van der Waals surface area contributed by atoms with Crippen LogP contribution in [0.4, 0.5) is 10.5 Å². The van der Waals surface area contributed by atoms with Crippen LogP contribution in [0.5, 0.6) is 0 Å². The molecule has 56 heavy (non-hydrogen) atoms. The molecule has 0 spiro atoms. The molecule has 0 saturated heterocycles. The predicted octanol–water partition coefficient (Wildman–Crippen LogP) is 4.68. The van der Waals surface area contributed by atoms with Gasteiger partial charge < -0.3 is 26.0 Å². The van der Waals surface area contributed by atoms with Crippen molar-refractivity contribution in [2.45, 2.75) is 77.9 Å². The van der Waals surface area contributed by atoms with E-state index in [4.69, 9.17) is 10.5 Å². The lowest BCUT2D eigenvalue weighted by atomic mass is 9.81. The van der Waals surface area contributed by atoms with Crippen LogP contribution >= 0.6 is 0 Å². The van der Waals surface area contributed by atoms with E-state index in [1.54, 1.807) is 36.5 Å². The molecular formula is C41H54N10O5. The van der Waals surface area contributed by atoms with Crippen LogP contribution in [0, 0.1) is 18.8 Å². The van der Waals surface area contributed by atoms with Gasteiger partial charge in [-0.3, -0.25) is 19.4 Å². The summed E-state index contributed by atoms with van der Waals surface area (Å²) in [4.78, 5) is 60.9. The van der Waals surface area contributed by atoms with Gasteiger partial charge in [0.05, 0.1) is 11.7 Å². The monoisotopic (exact) mass is 766 g/mol. The number of nitrogens with two attached hydrogens (primary N) is 1. The molecule has 2 heterocycles. The van der Waals surface area contributed by atoms with Crippen LogP contribution in [0.1, 0.15) is 74.5 Å². The maximum Gasteiger partial charge on any atom is 0.407 e. The number of hydrogen-bond acceptors (Lipinski definition) is 11. The highest BCUT2D eigenvalue weighted by atomic mass is 16.6. The lowest BCUT2D eigenvalue weighted by molar-refractivity contribution is -0.130. The summed E-state index contributed by atoms with van der Waals surface area (Å²) >= 11 is 0. The van der Waals surface area contributed by atoms with E-state index in [1.165, 1.54) is 4.90 Å². The summed E-state index contributed by atoms with van der Waals surface area (Å²) in [6.45, 7) is 9.30. The number of ether oxygens (including phenoxy) is 1. The molecule has 2 aromatic heterocycles. The quantitative estimate of drug-likeness (QED) is 0.130. The van der Waals surface area contributed by atoms with E-state index in [1.807, 2.05) is 66.1 Å². The first-order valence-corrected chi connectivity index (χ1v) is 19.1. The van der Waals surface area contributed by atoms with E-state index >= 15 is 0 Å². The van der Waals surface area contributed by atoms with Crippen molar-refractivity contribution < 1.29 is 23.9 Å². The molecule has 0 bridgehead atoms. The highest BCUT2D eigenvalue weighted by Crippen LogP contribution is 2.32. The molecule has 1 aliphatic carbocycles. The number of amides is 4. The molecule has 1 saturated carbocycles. The SMILES string of the molecule is Cc1cc(C(=O)NCCCN(C)C)ncc1-c1ccc(C[C@H](N)C(=O)N(C(=O)C2CCC(CNC(=O)OC(C)(C)C)CC2)c2ccc(-c3nn[nH]n3)cc2)cc1. The molecule has 298 valence electrons. The minimum absolute atomic E-state index is 0.190. The number of aromatic amines is 1. The number of benzene rings is 2. The molecule has 1 atom stereocenters. The number of carbonyl (C=O) groups excluding carboxylic acids is 4. The molecule has 0 unspecified atom stereocenters. The number of alkyl carbamates (subject to hydrolysis) is 1. The van der Waals surface area contributed by atoms with E-state index < -0.39 is 29.6 Å². The molecule has 0 radical (unpaired) electrons. The fourth-order valence-corrected chi connectivity index (χ4v) is 6.74. The Hall–Kier alpha value is -5.54. The lowest BCUT2D eigenvalue weighted by Gasteiger charge is -2.32. The number of nitrogens with one attached hydrogen (secondary N) is 3. The minimum atomic E-state index is -1.00. The Morgan fingerprint density at radius 2 is 1.64 bits per heavy atom. The largest absolute Gasteiger partial charge is 0.444 e. The van der Waals surface area contributed by atoms with Gasteiger partial charge in [0.2, 0.25) is 11.7 Å². The smallest absolute Gasteiger partial charge is 0.407 e. The fraction of sp³-hybridized carbons (Fsp3) is 0.463. The molecule has 1 aliphatic rings. The topological polar surface area (TPSA) is 201 Å². The molecule has 4 amide bonds. The molecule has 5 N–H and O–H groups in total. The van der Waals surface area contributed by atoms with E-state index in [-0.39, 0.29) is 24.2 Å². The Bertz CT molecular complexity index is 1930. The van der Waals surface area contributed by atoms with Crippen LogP contribution in [-0.2, 0) is 20.7 Å². The summed E-state index contributed by atoms with van der Waals surface area (Å²) in [5, 5.41) is 19.8. The van der Waals surface area contributed by atoms with Crippen molar-refractivity contribution in [3.63, 3.8) is 0 Å². The molecule has 2 aromatic carbocycles. The Labute approximate surface area is 328 Å². The molecule has 5 rings (SSSR count). The third-order valence-corrected chi connectivity index (χ3v) is 9.75. The number of imide groups is 1. The fourth-order valence-electron chi connectivity index (χ4n) is 6.74. The second-order valence-electron chi connectivity index (χ2n) is 15.7. The molecule has 1 fully saturated rings. The number of aromatic nitrogens is 5. The Morgan fingerprint density at radius 1 is 0.964 bits per heavy atom. The number of tetrazole rings is 1. The first-order valence-electron chi connectivity index (χ1n) is 19.1. The first kappa shape index (κ1) is 41.6. The number of rotatable bonds is 14. The molecule has 15 heteroatoms. The van der Waals surface area contributed by atoms with Crippen molar-refractivity contribution in [2.24, 2.45) is 17.6 Å². The zero-order chi connectivity index (χ0) is 40.4. The van der Waals surface area contributed by atoms with Crippen molar-refractivity contribution in [3.8, 4) is 22.5 Å². The zero-order valence-corrected chi connectivity index (χ0v) is 33.2. The third-order valence-electron chi connectivity index (χ3n) is 9.75. The van der Waals surface area contributed by atoms with E-state index in [9.17, 15) is 19.2 Å². The van der Waals surface area contributed by atoms with Gasteiger partial charge in [-0.05, 0) is 145 Å². The number of H-pyrrole nitrogens is 1. The maximum atomic E-state index is 14.2. The van der Waals surface area contributed by atoms with Crippen LogP contribution < -0.4 is 21.3 Å². The number of nitrogens with zero attached hydrogens (tertiary/aromatic N) is 6. The van der Waals surface area contributed by atoms with Gasteiger partial charge >= 0.3 is 6.09 Å². The van der Waals surface area contributed by atoms with Crippen LogP contribution in [-0.4, -0.2) is 99.7 Å². The molecule has 0 aliphatic heterocycles. The van der Waals surface area contributed by atoms with Crippen LogP contribution in [0.25, 0.3) is 22.5 Å². The van der Waals surface area contributed by atoms with Crippen molar-refractivity contribution in [3.05, 3.63) is 77.6 Å². The molecule has 15 nitrogen and oxygen atoms in total. The van der Waals surface area contributed by atoms with Crippen molar-refractivity contribution in [1.82, 2.24) is 41.1 Å². The Kier molecular flexibility index (Phi) is 14.0. The highest BCUT2D eigenvalue weighted by Gasteiger charge is 2.35. The van der Waals surface area contributed by atoms with Gasteiger partial charge in [-0.15, -0.1) is 10.2 Å². The number of carbonyl (C=O) groups is 4. The van der Waals surface area contributed by atoms with Gasteiger partial charge in [0, 0.05) is 36.3 Å². The third kappa shape index (κ3) is 11.5. The standard InChI is InChI=1S/C41H54N10O5/c1-26-22-35(37(52)43-20-7-21-50(5)6)44-25-33(26)29-12-8-27(9-13-29)23-34(42)39(54)51(32-18-16-30(17-19-32)36-46-48-49-47-36)38(53)31-14-10-28(11-15-31)24-45-40(55)56-41(2,3)4/h8-9,12-13,16-19,22,25,28,31,34H,7,10-11,14-15,20-21,23-24,42H2,1-6H3,(H,43,52)(H,45,55)(H,46,47,48,49)/t28?,31?,34-/m0/s1. The van der Waals surface area contributed by atoms with Gasteiger partial charge in [0.15, 0.2) is 0 Å². The summed E-state index contributed by atoms with van der Waals surface area (Å²) in [6.07, 6.45) is 4.85. The van der Waals surface area contributed by atoms with Gasteiger partial charge in [0.1, 0.15) is 11.3 Å². The lowest BCUT2D eigenvalue weighted by Crippen LogP contribution is -2.50. The Balaban J connectivity index is 1.25. The minimum Gasteiger partial charge on any atom is -0.444 e. The highest BCUT2D eigenvalue weighted by molar-refractivity contribution is 6.17. The first-order chi connectivity index (χ1) is 26.7. The summed E-state index contributed by atoms with van der Waals surface area (Å²) in [7, 11) is 3.99. The van der Waals surface area contributed by atoms with Gasteiger partial charge in [-0.2, -0.15) is 5.21 Å². The molecular weight excluding hydrogens is 713 g/mol. The molecule has 4 aromatic rings. The van der Waals surface area contributed by atoms with Crippen molar-refractivity contribution in [1.29, 1.82) is 0 Å². The summed E-state index contributed by atoms with van der Waals surface area (Å²) < 4.78 is 5.36. The van der Waals surface area contributed by atoms with Crippen LogP contribution in [0.15, 0.2) is 60.8 Å². The van der Waals surface area contributed by atoms with Crippen molar-refractivity contribution in [2.75, 3.05) is 38.6 Å². The van der Waals surface area contributed by atoms with Crippen LogP contribution in [0.2, 0.25) is 0 Å². The normalized spacial score (nSPS) is 16.2. The summed E-state index contributed by atoms with van der Waals surface area (Å²) in [5.41, 5.74) is 11.0. The van der Waals surface area contributed by atoms with Crippen LogP contribution in [0.3, 0.4) is 0 Å². The average Bonchev–Trinajstić information content (AvgIpc) is 3.71. The predicted molar refractivity (Wildman–Crippen MR) is 213 cm³/mol. The van der Waals surface area contributed by atoms with Gasteiger partial charge in [0.25, 0.3) is 11.8 Å². The number of hydrogen-bond donors (Lipinski definition) is 4. The second-order valence-corrected chi connectivity index (χ2v) is 15.7. The van der Waals surface area contributed by atoms with Crippen molar-refractivity contribution >= 4 is 29.5 Å². The number of anilines is 1. The van der Waals surface area contributed by atoms with E-state index in [0.29, 0.717) is 61.5 Å². The maximum absolute atomic E-state index is 14.2.